The lowest BCUT2D eigenvalue weighted by molar-refractivity contribution is -0.0964. The Balaban J connectivity index is 1.84. The number of fused-ring (bicyclic) bond motifs is 2. The van der Waals surface area contributed by atoms with Gasteiger partial charge in [0.15, 0.2) is 11.5 Å². The van der Waals surface area contributed by atoms with Crippen molar-refractivity contribution in [2.45, 2.75) is 18.2 Å². The highest BCUT2D eigenvalue weighted by molar-refractivity contribution is 5.78. The van der Waals surface area contributed by atoms with Crippen LogP contribution in [0, 0.1) is 0 Å². The zero-order valence-electron chi connectivity index (χ0n) is 11.9. The predicted octanol–water partition coefficient (Wildman–Crippen LogP) is 2.05. The monoisotopic (exact) mass is 299 g/mol. The summed E-state index contributed by atoms with van der Waals surface area (Å²) in [6.45, 7) is 0.506. The Morgan fingerprint density at radius 3 is 2.09 bits per heavy atom. The molecule has 0 bridgehead atoms. The lowest BCUT2D eigenvalue weighted by atomic mass is 9.99. The second-order valence-electron chi connectivity index (χ2n) is 5.57. The second-order valence-corrected chi connectivity index (χ2v) is 5.57. The molecule has 0 aliphatic carbocycles. The van der Waals surface area contributed by atoms with Crippen LogP contribution in [0.4, 0.5) is 11.4 Å². The molecule has 0 radical (unpaired) electrons. The first-order valence-corrected chi connectivity index (χ1v) is 7.35. The van der Waals surface area contributed by atoms with Crippen molar-refractivity contribution in [3.05, 3.63) is 48.5 Å². The lowest BCUT2D eigenvalue weighted by Gasteiger charge is -2.43. The van der Waals surface area contributed by atoms with Crippen molar-refractivity contribution in [3.8, 4) is 11.5 Å². The molecule has 3 atom stereocenters. The van der Waals surface area contributed by atoms with Gasteiger partial charge in [-0.1, -0.05) is 24.3 Å². The SMILES string of the molecule is OC1COCC(N2c3ccccc3Oc3ccccc32)C1O. The van der Waals surface area contributed by atoms with E-state index in [0.717, 1.165) is 22.9 Å². The Hall–Kier alpha value is -2.08. The van der Waals surface area contributed by atoms with Crippen LogP contribution < -0.4 is 9.64 Å². The fraction of sp³-hybridized carbons (Fsp3) is 0.294. The molecule has 0 aromatic heterocycles. The standard InChI is InChI=1S/C17H17NO4/c19-14-10-21-9-13(17(14)20)18-11-5-1-3-7-15(11)22-16-8-4-2-6-12(16)18/h1-8,13-14,17,19-20H,9-10H2. The number of anilines is 2. The first-order chi connectivity index (χ1) is 10.8. The van der Waals surface area contributed by atoms with Crippen LogP contribution in [0.1, 0.15) is 0 Å². The Kier molecular flexibility index (Phi) is 3.26. The van der Waals surface area contributed by atoms with Gasteiger partial charge < -0.3 is 24.6 Å². The molecule has 2 aliphatic heterocycles. The van der Waals surface area contributed by atoms with E-state index in [-0.39, 0.29) is 12.6 Å². The molecule has 2 aromatic rings. The fourth-order valence-corrected chi connectivity index (χ4v) is 3.08. The van der Waals surface area contributed by atoms with Crippen molar-refractivity contribution in [1.82, 2.24) is 0 Å². The number of rotatable bonds is 1. The van der Waals surface area contributed by atoms with Gasteiger partial charge in [0.05, 0.1) is 30.6 Å². The van der Waals surface area contributed by atoms with Crippen LogP contribution >= 0.6 is 0 Å². The van der Waals surface area contributed by atoms with Crippen LogP contribution in [0.3, 0.4) is 0 Å². The number of aliphatic hydroxyl groups is 2. The molecule has 0 amide bonds. The average molecular weight is 299 g/mol. The zero-order chi connectivity index (χ0) is 15.1. The fourth-order valence-electron chi connectivity index (χ4n) is 3.08. The average Bonchev–Trinajstić information content (AvgIpc) is 2.55. The van der Waals surface area contributed by atoms with Gasteiger partial charge in [0.1, 0.15) is 12.2 Å². The van der Waals surface area contributed by atoms with Gasteiger partial charge >= 0.3 is 0 Å². The first kappa shape index (κ1) is 13.6. The highest BCUT2D eigenvalue weighted by Gasteiger charge is 2.39. The molecule has 2 aliphatic rings. The molecule has 0 saturated carbocycles. The molecule has 1 saturated heterocycles. The molecule has 2 heterocycles. The van der Waals surface area contributed by atoms with Crippen LogP contribution in [-0.2, 0) is 4.74 Å². The first-order valence-electron chi connectivity index (χ1n) is 7.35. The van der Waals surface area contributed by atoms with E-state index in [4.69, 9.17) is 9.47 Å². The van der Waals surface area contributed by atoms with Gasteiger partial charge in [-0.2, -0.15) is 0 Å². The maximum Gasteiger partial charge on any atom is 0.151 e. The maximum absolute atomic E-state index is 10.4. The van der Waals surface area contributed by atoms with E-state index < -0.39 is 12.2 Å². The Labute approximate surface area is 128 Å². The predicted molar refractivity (Wildman–Crippen MR) is 81.7 cm³/mol. The minimum atomic E-state index is -0.888. The third-order valence-electron chi connectivity index (χ3n) is 4.17. The Morgan fingerprint density at radius 2 is 1.45 bits per heavy atom. The van der Waals surface area contributed by atoms with Gasteiger partial charge in [-0.05, 0) is 24.3 Å². The summed E-state index contributed by atoms with van der Waals surface area (Å²) in [5, 5.41) is 20.4. The molecule has 5 heteroatoms. The van der Waals surface area contributed by atoms with Crippen LogP contribution in [0.5, 0.6) is 11.5 Å². The number of hydrogen-bond acceptors (Lipinski definition) is 5. The quantitative estimate of drug-likeness (QED) is 0.844. The number of ether oxygens (including phenoxy) is 2. The Morgan fingerprint density at radius 1 is 0.864 bits per heavy atom. The molecule has 2 N–H and O–H groups in total. The number of nitrogens with zero attached hydrogens (tertiary/aromatic N) is 1. The number of aliphatic hydroxyl groups excluding tert-OH is 2. The van der Waals surface area contributed by atoms with Gasteiger partial charge in [-0.15, -0.1) is 0 Å². The summed E-state index contributed by atoms with van der Waals surface area (Å²) in [7, 11) is 0. The molecular weight excluding hydrogens is 282 g/mol. The smallest absolute Gasteiger partial charge is 0.151 e. The summed E-state index contributed by atoms with van der Waals surface area (Å²) >= 11 is 0. The highest BCUT2D eigenvalue weighted by Crippen LogP contribution is 2.48. The normalized spacial score (nSPS) is 26.8. The number of benzene rings is 2. The second kappa shape index (κ2) is 5.28. The Bertz CT molecular complexity index is 644. The molecule has 2 aromatic carbocycles. The van der Waals surface area contributed by atoms with Crippen LogP contribution in [-0.4, -0.2) is 41.7 Å². The number of hydrogen-bond donors (Lipinski definition) is 2. The van der Waals surface area contributed by atoms with Crippen molar-refractivity contribution in [2.75, 3.05) is 18.1 Å². The van der Waals surface area contributed by atoms with Gasteiger partial charge in [0.25, 0.3) is 0 Å². The summed E-state index contributed by atoms with van der Waals surface area (Å²) in [4.78, 5) is 2.00. The number of para-hydroxylation sites is 4. The highest BCUT2D eigenvalue weighted by atomic mass is 16.5. The van der Waals surface area contributed by atoms with E-state index in [9.17, 15) is 10.2 Å². The summed E-state index contributed by atoms with van der Waals surface area (Å²) in [5.74, 6) is 1.46. The molecule has 22 heavy (non-hydrogen) atoms. The van der Waals surface area contributed by atoms with E-state index >= 15 is 0 Å². The summed E-state index contributed by atoms with van der Waals surface area (Å²) in [6.07, 6.45) is -1.77. The van der Waals surface area contributed by atoms with Crippen molar-refractivity contribution >= 4 is 11.4 Å². The molecule has 3 unspecified atom stereocenters. The van der Waals surface area contributed by atoms with E-state index in [2.05, 4.69) is 0 Å². The molecule has 0 spiro atoms. The van der Waals surface area contributed by atoms with Crippen molar-refractivity contribution in [2.24, 2.45) is 0 Å². The van der Waals surface area contributed by atoms with Gasteiger partial charge in [-0.3, -0.25) is 0 Å². The van der Waals surface area contributed by atoms with E-state index in [1.165, 1.54) is 0 Å². The van der Waals surface area contributed by atoms with Gasteiger partial charge in [0, 0.05) is 0 Å². The van der Waals surface area contributed by atoms with Crippen molar-refractivity contribution < 1.29 is 19.7 Å². The topological polar surface area (TPSA) is 62.2 Å². The summed E-state index contributed by atoms with van der Waals surface area (Å²) in [5.41, 5.74) is 1.73. The molecule has 5 nitrogen and oxygen atoms in total. The van der Waals surface area contributed by atoms with Crippen molar-refractivity contribution in [3.63, 3.8) is 0 Å². The third kappa shape index (κ3) is 2.06. The van der Waals surface area contributed by atoms with Crippen LogP contribution in [0.2, 0.25) is 0 Å². The zero-order valence-corrected chi connectivity index (χ0v) is 11.9. The minimum absolute atomic E-state index is 0.158. The lowest BCUT2D eigenvalue weighted by Crippen LogP contribution is -2.55. The molecule has 4 rings (SSSR count). The van der Waals surface area contributed by atoms with Crippen molar-refractivity contribution in [1.29, 1.82) is 0 Å². The summed E-state index contributed by atoms with van der Waals surface area (Å²) in [6, 6.07) is 15.0. The van der Waals surface area contributed by atoms with E-state index in [0.29, 0.717) is 6.61 Å². The molecule has 1 fully saturated rings. The molecular formula is C17H17NO4. The van der Waals surface area contributed by atoms with Gasteiger partial charge in [-0.25, -0.2) is 0 Å². The third-order valence-corrected chi connectivity index (χ3v) is 4.17. The minimum Gasteiger partial charge on any atom is -0.453 e. The summed E-state index contributed by atoms with van der Waals surface area (Å²) < 4.78 is 11.4. The van der Waals surface area contributed by atoms with E-state index in [1.807, 2.05) is 53.4 Å². The maximum atomic E-state index is 10.4. The van der Waals surface area contributed by atoms with E-state index in [1.54, 1.807) is 0 Å². The van der Waals surface area contributed by atoms with Gasteiger partial charge in [0.2, 0.25) is 0 Å². The van der Waals surface area contributed by atoms with Crippen LogP contribution in [0.15, 0.2) is 48.5 Å². The van der Waals surface area contributed by atoms with Crippen LogP contribution in [0.25, 0.3) is 0 Å². The largest absolute Gasteiger partial charge is 0.453 e. The molecule has 114 valence electrons.